The minimum absolute atomic E-state index is 0.417. The Morgan fingerprint density at radius 2 is 1.24 bits per heavy atom. The van der Waals surface area contributed by atoms with Crippen LogP contribution in [0.5, 0.6) is 0 Å². The summed E-state index contributed by atoms with van der Waals surface area (Å²) in [6.45, 7) is -1.18. The number of halogens is 2. The summed E-state index contributed by atoms with van der Waals surface area (Å²) < 4.78 is 42.2. The van der Waals surface area contributed by atoms with Crippen LogP contribution >= 0.6 is 11.8 Å². The van der Waals surface area contributed by atoms with Crippen molar-refractivity contribution < 1.29 is 48.9 Å². The molecule has 0 aliphatic carbocycles. The Balaban J connectivity index is 1.25. The van der Waals surface area contributed by atoms with Crippen LogP contribution in [0.3, 0.4) is 0 Å². The SMILES string of the molecule is OCC1O[C@@H](S[C@@H]2O[C@H](CO)C(O)C(n3cc(-c4cccc(F)c4)cn3)[C@H]2O)C(O)[C@@H](n2ccc(-c3cccc(F)c3)c2)[C@H]1O. The first-order valence-electron chi connectivity index (χ1n) is 14.3. The molecule has 0 saturated carbocycles. The predicted molar refractivity (Wildman–Crippen MR) is 159 cm³/mol. The molecule has 0 bridgehead atoms. The van der Waals surface area contributed by atoms with Crippen molar-refractivity contribution in [2.45, 2.75) is 59.6 Å². The Labute approximate surface area is 260 Å². The second-order valence-electron chi connectivity index (χ2n) is 11.1. The Morgan fingerprint density at radius 3 is 1.82 bits per heavy atom. The zero-order valence-electron chi connectivity index (χ0n) is 23.7. The minimum Gasteiger partial charge on any atom is -0.394 e. The summed E-state index contributed by atoms with van der Waals surface area (Å²) in [6.07, 6.45) is -1.56. The van der Waals surface area contributed by atoms with Crippen LogP contribution in [0.25, 0.3) is 22.3 Å². The zero-order valence-corrected chi connectivity index (χ0v) is 24.5. The monoisotopic (exact) mass is 645 g/mol. The van der Waals surface area contributed by atoms with Gasteiger partial charge in [0.2, 0.25) is 0 Å². The molecular weight excluding hydrogens is 612 g/mol. The highest BCUT2D eigenvalue weighted by Gasteiger charge is 2.51. The number of rotatable bonds is 8. The van der Waals surface area contributed by atoms with Gasteiger partial charge in [-0.1, -0.05) is 36.0 Å². The van der Waals surface area contributed by atoms with Crippen molar-refractivity contribution in [3.8, 4) is 22.3 Å². The van der Waals surface area contributed by atoms with E-state index < -0.39 is 84.4 Å². The molecule has 2 aliphatic heterocycles. The van der Waals surface area contributed by atoms with Crippen LogP contribution in [0.4, 0.5) is 8.78 Å². The highest BCUT2D eigenvalue weighted by molar-refractivity contribution is 8.00. The molecule has 4 heterocycles. The first kappa shape index (κ1) is 31.8. The van der Waals surface area contributed by atoms with E-state index in [0.717, 1.165) is 11.8 Å². The molecular formula is C31H33F2N3O8S. The van der Waals surface area contributed by atoms with Crippen LogP contribution < -0.4 is 0 Å². The fourth-order valence-electron chi connectivity index (χ4n) is 5.91. The van der Waals surface area contributed by atoms with Crippen molar-refractivity contribution in [1.29, 1.82) is 0 Å². The predicted octanol–water partition coefficient (Wildman–Crippen LogP) is 1.69. The molecule has 2 aromatic heterocycles. The van der Waals surface area contributed by atoms with Gasteiger partial charge in [0.25, 0.3) is 0 Å². The van der Waals surface area contributed by atoms with Gasteiger partial charge in [0, 0.05) is 24.2 Å². The molecule has 0 spiro atoms. The summed E-state index contributed by atoms with van der Waals surface area (Å²) in [6, 6.07) is 11.4. The van der Waals surface area contributed by atoms with E-state index in [0.29, 0.717) is 22.3 Å². The van der Waals surface area contributed by atoms with Crippen molar-refractivity contribution in [2.75, 3.05) is 13.2 Å². The average Bonchev–Trinajstić information content (AvgIpc) is 3.71. The van der Waals surface area contributed by atoms with Gasteiger partial charge in [-0.2, -0.15) is 5.10 Å². The van der Waals surface area contributed by atoms with E-state index in [4.69, 9.17) is 9.47 Å². The number of aromatic nitrogens is 3. The molecule has 2 fully saturated rings. The van der Waals surface area contributed by atoms with E-state index in [-0.39, 0.29) is 0 Å². The summed E-state index contributed by atoms with van der Waals surface area (Å²) in [7, 11) is 0. The van der Waals surface area contributed by atoms with E-state index >= 15 is 0 Å². The maximum atomic E-state index is 13.8. The van der Waals surface area contributed by atoms with E-state index in [1.54, 1.807) is 47.3 Å². The number of ether oxygens (including phenoxy) is 2. The van der Waals surface area contributed by atoms with Gasteiger partial charge in [0.15, 0.2) is 0 Å². The van der Waals surface area contributed by atoms with Gasteiger partial charge < -0.3 is 44.7 Å². The van der Waals surface area contributed by atoms with E-state index in [9.17, 15) is 39.4 Å². The molecule has 6 rings (SSSR count). The third-order valence-electron chi connectivity index (χ3n) is 8.25. The minimum atomic E-state index is -1.44. The fourth-order valence-corrected chi connectivity index (χ4v) is 7.24. The van der Waals surface area contributed by atoms with Gasteiger partial charge in [-0.25, -0.2) is 8.78 Å². The maximum absolute atomic E-state index is 13.8. The number of nitrogens with zero attached hydrogens (tertiary/aromatic N) is 3. The van der Waals surface area contributed by atoms with Gasteiger partial charge in [-0.05, 0) is 47.0 Å². The van der Waals surface area contributed by atoms with Gasteiger partial charge in [0.1, 0.15) is 65.2 Å². The standard InChI is InChI=1S/C31H33F2N3O8S/c32-20-5-1-3-16(9-20)18-7-8-35(12-18)24-26(39)22(14-37)43-30(28(24)41)45-31-29(42)25(27(40)23(15-38)44-31)36-13-19(11-34-36)17-4-2-6-21(33)10-17/h1-13,22-31,37-42H,14-15H2/t22?,23-,24+,25?,26+,27?,28?,29-,30+,31+/m1/s1. The highest BCUT2D eigenvalue weighted by atomic mass is 32.2. The summed E-state index contributed by atoms with van der Waals surface area (Å²) in [4.78, 5) is 0. The summed E-state index contributed by atoms with van der Waals surface area (Å²) in [5.41, 5.74) is -0.0256. The first-order valence-corrected chi connectivity index (χ1v) is 15.3. The average molecular weight is 646 g/mol. The lowest BCUT2D eigenvalue weighted by Gasteiger charge is -2.46. The maximum Gasteiger partial charge on any atom is 0.134 e. The molecule has 0 amide bonds. The molecule has 4 aromatic rings. The Hall–Kier alpha value is -3.18. The van der Waals surface area contributed by atoms with E-state index in [1.807, 2.05) is 0 Å². The van der Waals surface area contributed by atoms with Crippen LogP contribution in [0, 0.1) is 11.6 Å². The summed E-state index contributed by atoms with van der Waals surface area (Å²) in [5.74, 6) is -0.858. The zero-order chi connectivity index (χ0) is 31.8. The molecule has 4 unspecified atom stereocenters. The fraction of sp³-hybridized carbons (Fsp3) is 0.387. The number of aliphatic hydroxyl groups is 6. The molecule has 2 aliphatic rings. The normalized spacial score (nSPS) is 32.1. The van der Waals surface area contributed by atoms with E-state index in [2.05, 4.69) is 5.10 Å². The molecule has 45 heavy (non-hydrogen) atoms. The molecule has 14 heteroatoms. The van der Waals surface area contributed by atoms with Crippen molar-refractivity contribution in [2.24, 2.45) is 0 Å². The second kappa shape index (κ2) is 13.3. The molecule has 0 radical (unpaired) electrons. The topological polar surface area (TPSA) is 163 Å². The smallest absolute Gasteiger partial charge is 0.134 e. The quantitative estimate of drug-likeness (QED) is 0.166. The third kappa shape index (κ3) is 6.30. The largest absolute Gasteiger partial charge is 0.394 e. The number of aliphatic hydroxyl groups excluding tert-OH is 6. The van der Waals surface area contributed by atoms with Crippen LogP contribution in [0.1, 0.15) is 12.1 Å². The number of hydrogen-bond donors (Lipinski definition) is 6. The Bertz CT molecular complexity index is 1490. The number of benzene rings is 2. The molecule has 240 valence electrons. The third-order valence-corrected chi connectivity index (χ3v) is 9.56. The lowest BCUT2D eigenvalue weighted by Crippen LogP contribution is -2.58. The number of hydrogen-bond acceptors (Lipinski definition) is 10. The Morgan fingerprint density at radius 1 is 0.689 bits per heavy atom. The van der Waals surface area contributed by atoms with Crippen molar-refractivity contribution in [3.63, 3.8) is 0 Å². The molecule has 11 nitrogen and oxygen atoms in total. The lowest BCUT2D eigenvalue weighted by atomic mass is 9.97. The van der Waals surface area contributed by atoms with Crippen LogP contribution in [-0.4, -0.2) is 106 Å². The summed E-state index contributed by atoms with van der Waals surface area (Å²) in [5, 5.41) is 69.3. The molecule has 2 aromatic carbocycles. The van der Waals surface area contributed by atoms with Gasteiger partial charge in [0.05, 0.1) is 25.5 Å². The lowest BCUT2D eigenvalue weighted by molar-refractivity contribution is -0.187. The molecule has 2 saturated heterocycles. The van der Waals surface area contributed by atoms with Crippen LogP contribution in [-0.2, 0) is 9.47 Å². The highest BCUT2D eigenvalue weighted by Crippen LogP contribution is 2.42. The second-order valence-corrected chi connectivity index (χ2v) is 12.3. The first-order chi connectivity index (χ1) is 21.7. The molecule has 10 atom stereocenters. The summed E-state index contributed by atoms with van der Waals surface area (Å²) >= 11 is 0.865. The number of thioether (sulfide) groups is 1. The van der Waals surface area contributed by atoms with Gasteiger partial charge in [-0.3, -0.25) is 4.68 Å². The van der Waals surface area contributed by atoms with Crippen LogP contribution in [0.2, 0.25) is 0 Å². The molecule has 6 N–H and O–H groups in total. The van der Waals surface area contributed by atoms with Crippen molar-refractivity contribution in [1.82, 2.24) is 14.3 Å². The van der Waals surface area contributed by atoms with E-state index in [1.165, 1.54) is 41.3 Å². The van der Waals surface area contributed by atoms with Gasteiger partial charge in [-0.15, -0.1) is 0 Å². The van der Waals surface area contributed by atoms with Crippen molar-refractivity contribution in [3.05, 3.63) is 91.0 Å². The van der Waals surface area contributed by atoms with Crippen LogP contribution in [0.15, 0.2) is 79.4 Å². The Kier molecular flexibility index (Phi) is 9.38. The van der Waals surface area contributed by atoms with Crippen molar-refractivity contribution >= 4 is 11.8 Å². The van der Waals surface area contributed by atoms with Gasteiger partial charge >= 0.3 is 0 Å².